The van der Waals surface area contributed by atoms with Crippen LogP contribution in [0, 0.1) is 0 Å². The first-order valence-corrected chi connectivity index (χ1v) is 4.08. The van der Waals surface area contributed by atoms with Crippen LogP contribution in [0.4, 0.5) is 9.18 Å². The summed E-state index contributed by atoms with van der Waals surface area (Å²) < 4.78 is 18.4. The number of amides is 3. The molecular weight excluding hydrogens is 211 g/mol. The Labute approximate surface area is 83.6 Å². The van der Waals surface area contributed by atoms with Crippen molar-refractivity contribution in [2.45, 2.75) is 18.8 Å². The lowest BCUT2D eigenvalue weighted by Gasteiger charge is -2.32. The second-order valence-corrected chi connectivity index (χ2v) is 2.78. The molecule has 3 amide bonds. The van der Waals surface area contributed by atoms with E-state index in [-0.39, 0.29) is 6.61 Å². The van der Waals surface area contributed by atoms with E-state index in [0.717, 1.165) is 0 Å². The fourth-order valence-electron chi connectivity index (χ4n) is 1.10. The van der Waals surface area contributed by atoms with Crippen molar-refractivity contribution in [3.05, 3.63) is 0 Å². The maximum absolute atomic E-state index is 13.8. The van der Waals surface area contributed by atoms with E-state index in [1.165, 1.54) is 12.2 Å². The standard InChI is InChI=1S/C7H9FN2O5/c1-2-15-4-7(8,5(12)13)3(11)9-6(14)10-4/h4H,2H2,1H3,(H,12,13)(H2,9,10,11,14). The molecule has 0 saturated carbocycles. The van der Waals surface area contributed by atoms with Crippen LogP contribution in [-0.2, 0) is 14.3 Å². The van der Waals surface area contributed by atoms with Crippen molar-refractivity contribution in [2.75, 3.05) is 6.61 Å². The predicted octanol–water partition coefficient (Wildman–Crippen LogP) is -1.02. The molecule has 0 aromatic heterocycles. The van der Waals surface area contributed by atoms with E-state index < -0.39 is 29.8 Å². The lowest BCUT2D eigenvalue weighted by molar-refractivity contribution is -0.173. The minimum atomic E-state index is -3.30. The first-order chi connectivity index (χ1) is 6.92. The molecule has 2 unspecified atom stereocenters. The zero-order chi connectivity index (χ0) is 11.6. The third-order valence-corrected chi connectivity index (χ3v) is 1.83. The van der Waals surface area contributed by atoms with Gasteiger partial charge in [0.25, 0.3) is 5.91 Å². The van der Waals surface area contributed by atoms with E-state index in [9.17, 15) is 18.8 Å². The third kappa shape index (κ3) is 1.75. The SMILES string of the molecule is CCOC1NC(=O)NC(=O)C1(F)C(=O)O. The molecule has 1 aliphatic heterocycles. The average Bonchev–Trinajstić information content (AvgIpc) is 2.13. The van der Waals surface area contributed by atoms with Crippen LogP contribution in [0.1, 0.15) is 6.92 Å². The second kappa shape index (κ2) is 3.81. The van der Waals surface area contributed by atoms with Crippen molar-refractivity contribution < 1.29 is 28.6 Å². The highest BCUT2D eigenvalue weighted by Crippen LogP contribution is 2.21. The van der Waals surface area contributed by atoms with E-state index in [0.29, 0.717) is 0 Å². The summed E-state index contributed by atoms with van der Waals surface area (Å²) >= 11 is 0. The lowest BCUT2D eigenvalue weighted by Crippen LogP contribution is -2.70. The molecule has 3 N–H and O–H groups in total. The smallest absolute Gasteiger partial charge is 0.356 e. The van der Waals surface area contributed by atoms with Crippen molar-refractivity contribution in [1.82, 2.24) is 10.6 Å². The van der Waals surface area contributed by atoms with Crippen molar-refractivity contribution in [3.63, 3.8) is 0 Å². The van der Waals surface area contributed by atoms with Crippen LogP contribution in [0.3, 0.4) is 0 Å². The van der Waals surface area contributed by atoms with Gasteiger partial charge in [0.1, 0.15) is 0 Å². The largest absolute Gasteiger partial charge is 0.478 e. The number of halogens is 1. The normalized spacial score (nSPS) is 30.7. The Morgan fingerprint density at radius 1 is 1.67 bits per heavy atom. The highest BCUT2D eigenvalue weighted by molar-refractivity contribution is 6.13. The summed E-state index contributed by atoms with van der Waals surface area (Å²) in [6.45, 7) is 1.43. The number of imide groups is 1. The molecule has 84 valence electrons. The highest BCUT2D eigenvalue weighted by atomic mass is 19.1. The fraction of sp³-hybridized carbons (Fsp3) is 0.571. The summed E-state index contributed by atoms with van der Waals surface area (Å²) in [6.07, 6.45) is -1.82. The number of hydrogen-bond donors (Lipinski definition) is 3. The van der Waals surface area contributed by atoms with Gasteiger partial charge in [0.2, 0.25) is 0 Å². The number of rotatable bonds is 3. The summed E-state index contributed by atoms with van der Waals surface area (Å²) in [4.78, 5) is 32.4. The number of ether oxygens (including phenoxy) is 1. The number of carbonyl (C=O) groups is 3. The Morgan fingerprint density at radius 2 is 2.27 bits per heavy atom. The number of urea groups is 1. The van der Waals surface area contributed by atoms with Gasteiger partial charge < -0.3 is 15.2 Å². The molecule has 0 aromatic rings. The van der Waals surface area contributed by atoms with Gasteiger partial charge in [0.05, 0.1) is 0 Å². The van der Waals surface area contributed by atoms with Gasteiger partial charge in [-0.25, -0.2) is 14.0 Å². The molecule has 0 aliphatic carbocycles. The van der Waals surface area contributed by atoms with Crippen LogP contribution in [-0.4, -0.2) is 41.5 Å². The van der Waals surface area contributed by atoms with E-state index in [2.05, 4.69) is 4.74 Å². The van der Waals surface area contributed by atoms with Crippen molar-refractivity contribution in [2.24, 2.45) is 0 Å². The molecule has 0 bridgehead atoms. The molecule has 1 fully saturated rings. The molecule has 1 heterocycles. The number of carboxylic acid groups (broad SMARTS) is 1. The van der Waals surface area contributed by atoms with Gasteiger partial charge in [-0.15, -0.1) is 0 Å². The first-order valence-electron chi connectivity index (χ1n) is 4.08. The third-order valence-electron chi connectivity index (χ3n) is 1.83. The molecule has 7 nitrogen and oxygen atoms in total. The summed E-state index contributed by atoms with van der Waals surface area (Å²) in [7, 11) is 0. The highest BCUT2D eigenvalue weighted by Gasteiger charge is 2.58. The molecule has 2 atom stereocenters. The zero-order valence-corrected chi connectivity index (χ0v) is 7.74. The summed E-state index contributed by atoms with van der Waals surface area (Å²) in [5, 5.41) is 12.0. The molecule has 1 rings (SSSR count). The quantitative estimate of drug-likeness (QED) is 0.528. The number of carbonyl (C=O) groups excluding carboxylic acids is 2. The van der Waals surface area contributed by atoms with Crippen molar-refractivity contribution in [3.8, 4) is 0 Å². The lowest BCUT2D eigenvalue weighted by atomic mass is 10.0. The van der Waals surface area contributed by atoms with E-state index in [4.69, 9.17) is 5.11 Å². The molecule has 0 aromatic carbocycles. The minimum absolute atomic E-state index is 0.0445. The van der Waals surface area contributed by atoms with Gasteiger partial charge in [0.15, 0.2) is 6.23 Å². The van der Waals surface area contributed by atoms with Crippen LogP contribution in [0.2, 0.25) is 0 Å². The van der Waals surface area contributed by atoms with Gasteiger partial charge in [0, 0.05) is 6.61 Å². The summed E-state index contributed by atoms with van der Waals surface area (Å²) in [6, 6.07) is -0.993. The molecule has 1 saturated heterocycles. The summed E-state index contributed by atoms with van der Waals surface area (Å²) in [5.74, 6) is -3.56. The van der Waals surface area contributed by atoms with E-state index in [1.54, 1.807) is 0 Å². The number of hydrogen-bond acceptors (Lipinski definition) is 4. The molecular formula is C7H9FN2O5. The van der Waals surface area contributed by atoms with Crippen LogP contribution >= 0.6 is 0 Å². The molecule has 15 heavy (non-hydrogen) atoms. The van der Waals surface area contributed by atoms with Crippen molar-refractivity contribution >= 4 is 17.9 Å². The van der Waals surface area contributed by atoms with Crippen LogP contribution in [0.25, 0.3) is 0 Å². The van der Waals surface area contributed by atoms with Gasteiger partial charge in [-0.1, -0.05) is 0 Å². The van der Waals surface area contributed by atoms with Crippen molar-refractivity contribution in [1.29, 1.82) is 0 Å². The Balaban J connectivity index is 3.02. The number of carboxylic acids is 1. The van der Waals surface area contributed by atoms with Gasteiger partial charge in [-0.3, -0.25) is 10.1 Å². The maximum atomic E-state index is 13.8. The van der Waals surface area contributed by atoms with E-state index >= 15 is 0 Å². The Hall–Kier alpha value is -1.70. The fourth-order valence-corrected chi connectivity index (χ4v) is 1.10. The molecule has 1 aliphatic rings. The zero-order valence-electron chi connectivity index (χ0n) is 7.74. The number of nitrogens with one attached hydrogen (secondary N) is 2. The minimum Gasteiger partial charge on any atom is -0.478 e. The van der Waals surface area contributed by atoms with Gasteiger partial charge in [-0.05, 0) is 6.92 Å². The maximum Gasteiger partial charge on any atom is 0.356 e. The Morgan fingerprint density at radius 3 is 2.73 bits per heavy atom. The predicted molar refractivity (Wildman–Crippen MR) is 43.6 cm³/mol. The second-order valence-electron chi connectivity index (χ2n) is 2.78. The number of alkyl halides is 1. The van der Waals surface area contributed by atoms with Crippen LogP contribution < -0.4 is 10.6 Å². The topological polar surface area (TPSA) is 105 Å². The number of aliphatic carboxylic acids is 1. The van der Waals surface area contributed by atoms with Gasteiger partial charge >= 0.3 is 17.7 Å². The molecule has 0 spiro atoms. The van der Waals surface area contributed by atoms with E-state index in [1.807, 2.05) is 5.32 Å². The van der Waals surface area contributed by atoms with Gasteiger partial charge in [-0.2, -0.15) is 0 Å². The molecule has 8 heteroatoms. The summed E-state index contributed by atoms with van der Waals surface area (Å²) in [5.41, 5.74) is -3.30. The Bertz CT molecular complexity index is 321. The monoisotopic (exact) mass is 220 g/mol. The molecule has 0 radical (unpaired) electrons. The average molecular weight is 220 g/mol. The van der Waals surface area contributed by atoms with Crippen LogP contribution in [0.15, 0.2) is 0 Å². The first kappa shape index (κ1) is 11.4. The van der Waals surface area contributed by atoms with Crippen LogP contribution in [0.5, 0.6) is 0 Å². The Kier molecular flexibility index (Phi) is 2.89.